The smallest absolute Gasteiger partial charge is 0.343 e. The molecule has 0 saturated carbocycles. The summed E-state index contributed by atoms with van der Waals surface area (Å²) in [5.41, 5.74) is -0.543. The van der Waals surface area contributed by atoms with Crippen LogP contribution in [0.4, 0.5) is 37.6 Å². The van der Waals surface area contributed by atoms with Gasteiger partial charge >= 0.3 is 12.2 Å². The van der Waals surface area contributed by atoms with Crippen molar-refractivity contribution in [1.82, 2.24) is 15.1 Å². The van der Waals surface area contributed by atoms with E-state index in [0.29, 0.717) is 11.3 Å². The van der Waals surface area contributed by atoms with Crippen LogP contribution in [0, 0.1) is 11.6 Å². The summed E-state index contributed by atoms with van der Waals surface area (Å²) < 4.78 is 64.9. The van der Waals surface area contributed by atoms with Crippen LogP contribution in [-0.4, -0.2) is 47.3 Å². The number of piperazine rings is 1. The summed E-state index contributed by atoms with van der Waals surface area (Å²) in [5, 5.41) is 7.88. The zero-order valence-corrected chi connectivity index (χ0v) is 13.9. The van der Waals surface area contributed by atoms with Crippen molar-refractivity contribution >= 4 is 28.2 Å². The topological polar surface area (TPSA) is 61.4 Å². The maximum absolute atomic E-state index is 13.6. The number of nitrogens with one attached hydrogen (secondary N) is 1. The quantitative estimate of drug-likeness (QED) is 0.797. The minimum absolute atomic E-state index is 0.109. The van der Waals surface area contributed by atoms with E-state index in [-0.39, 0.29) is 31.3 Å². The minimum Gasteiger partial charge on any atom is -0.343 e. The highest BCUT2D eigenvalue weighted by atomic mass is 32.1. The standard InChI is InChI=1S/C14H12F5N5OS/c15-8-2-1-3-9(16)10(8)20-12(25)23-4-6-24(7-5-23)13-22-21-11(26-13)14(17,18)19/h1-3H,4-7H2,(H,20,25). The number of carbonyl (C=O) groups excluding carboxylic acids is 1. The van der Waals surface area contributed by atoms with Crippen LogP contribution in [0.25, 0.3) is 0 Å². The Morgan fingerprint density at radius 1 is 1.08 bits per heavy atom. The lowest BCUT2D eigenvalue weighted by molar-refractivity contribution is -0.138. The van der Waals surface area contributed by atoms with E-state index in [1.54, 1.807) is 4.90 Å². The van der Waals surface area contributed by atoms with Crippen molar-refractivity contribution in [2.75, 3.05) is 36.4 Å². The van der Waals surface area contributed by atoms with E-state index >= 15 is 0 Å². The van der Waals surface area contributed by atoms with Crippen LogP contribution in [0.15, 0.2) is 18.2 Å². The van der Waals surface area contributed by atoms with Crippen molar-refractivity contribution in [2.24, 2.45) is 0 Å². The predicted molar refractivity (Wildman–Crippen MR) is 84.1 cm³/mol. The number of carbonyl (C=O) groups is 1. The average Bonchev–Trinajstić information content (AvgIpc) is 3.09. The molecule has 1 aromatic heterocycles. The van der Waals surface area contributed by atoms with Crippen LogP contribution >= 0.6 is 11.3 Å². The number of urea groups is 1. The predicted octanol–water partition coefficient (Wildman–Crippen LogP) is 3.19. The Labute approximate surface area is 148 Å². The third-order valence-corrected chi connectivity index (χ3v) is 4.72. The van der Waals surface area contributed by atoms with Crippen LogP contribution in [0.1, 0.15) is 5.01 Å². The minimum atomic E-state index is -4.55. The number of para-hydroxylation sites is 1. The molecule has 140 valence electrons. The third-order valence-electron chi connectivity index (χ3n) is 3.69. The summed E-state index contributed by atoms with van der Waals surface area (Å²) in [6.07, 6.45) is -4.55. The monoisotopic (exact) mass is 393 g/mol. The second-order valence-corrected chi connectivity index (χ2v) is 6.34. The molecule has 1 aromatic carbocycles. The van der Waals surface area contributed by atoms with Crippen LogP contribution in [0.2, 0.25) is 0 Å². The average molecular weight is 393 g/mol. The molecule has 2 aromatic rings. The Bertz CT molecular complexity index is 783. The fourth-order valence-electron chi connectivity index (χ4n) is 2.36. The number of amides is 2. The number of nitrogens with zero attached hydrogens (tertiary/aromatic N) is 4. The number of benzene rings is 1. The van der Waals surface area contributed by atoms with E-state index in [1.807, 2.05) is 0 Å². The zero-order chi connectivity index (χ0) is 18.9. The van der Waals surface area contributed by atoms with Gasteiger partial charge in [0.1, 0.15) is 17.3 Å². The van der Waals surface area contributed by atoms with Crippen molar-refractivity contribution in [1.29, 1.82) is 0 Å². The molecule has 0 aliphatic carbocycles. The summed E-state index contributed by atoms with van der Waals surface area (Å²) in [4.78, 5) is 15.0. The molecule has 1 saturated heterocycles. The summed E-state index contributed by atoms with van der Waals surface area (Å²) in [6.45, 7) is 0.755. The van der Waals surface area contributed by atoms with Gasteiger partial charge < -0.3 is 15.1 Å². The van der Waals surface area contributed by atoms with E-state index in [4.69, 9.17) is 0 Å². The van der Waals surface area contributed by atoms with Crippen molar-refractivity contribution in [2.45, 2.75) is 6.18 Å². The third kappa shape index (κ3) is 3.84. The molecular weight excluding hydrogens is 381 g/mol. The number of halogens is 5. The van der Waals surface area contributed by atoms with Gasteiger partial charge in [-0.25, -0.2) is 13.6 Å². The van der Waals surface area contributed by atoms with Gasteiger partial charge in [0.25, 0.3) is 0 Å². The van der Waals surface area contributed by atoms with Crippen LogP contribution in [0.5, 0.6) is 0 Å². The van der Waals surface area contributed by atoms with Gasteiger partial charge in [-0.1, -0.05) is 17.4 Å². The molecule has 1 fully saturated rings. The molecule has 1 aliphatic rings. The first-order valence-corrected chi connectivity index (χ1v) is 8.23. The Kier molecular flexibility index (Phi) is 4.94. The number of anilines is 2. The normalized spacial score (nSPS) is 15.3. The fraction of sp³-hybridized carbons (Fsp3) is 0.357. The summed E-state index contributed by atoms with van der Waals surface area (Å²) in [5.74, 6) is -1.80. The van der Waals surface area contributed by atoms with Gasteiger partial charge in [-0.2, -0.15) is 13.2 Å². The Morgan fingerprint density at radius 3 is 2.23 bits per heavy atom. The van der Waals surface area contributed by atoms with E-state index < -0.39 is 34.5 Å². The van der Waals surface area contributed by atoms with E-state index in [1.165, 1.54) is 11.0 Å². The molecule has 12 heteroatoms. The van der Waals surface area contributed by atoms with Gasteiger partial charge in [-0.15, -0.1) is 10.2 Å². The van der Waals surface area contributed by atoms with Gasteiger partial charge in [-0.3, -0.25) is 0 Å². The number of alkyl halides is 3. The Hall–Kier alpha value is -2.50. The van der Waals surface area contributed by atoms with Gasteiger partial charge in [0.15, 0.2) is 0 Å². The first-order chi connectivity index (χ1) is 12.3. The molecule has 2 amide bonds. The lowest BCUT2D eigenvalue weighted by Crippen LogP contribution is -2.50. The van der Waals surface area contributed by atoms with Crippen LogP contribution in [0.3, 0.4) is 0 Å². The second kappa shape index (κ2) is 7.02. The maximum atomic E-state index is 13.6. The van der Waals surface area contributed by atoms with Gasteiger partial charge in [0.05, 0.1) is 0 Å². The van der Waals surface area contributed by atoms with Crippen molar-refractivity contribution in [3.63, 3.8) is 0 Å². The maximum Gasteiger partial charge on any atom is 0.445 e. The van der Waals surface area contributed by atoms with Crippen molar-refractivity contribution in [3.05, 3.63) is 34.8 Å². The van der Waals surface area contributed by atoms with Crippen molar-refractivity contribution < 1.29 is 26.7 Å². The van der Waals surface area contributed by atoms with Crippen LogP contribution in [-0.2, 0) is 6.18 Å². The highest BCUT2D eigenvalue weighted by Gasteiger charge is 2.36. The molecule has 0 atom stereocenters. The molecule has 26 heavy (non-hydrogen) atoms. The van der Waals surface area contributed by atoms with Gasteiger partial charge in [0.2, 0.25) is 10.1 Å². The molecular formula is C14H12F5N5OS. The molecule has 1 aliphatic heterocycles. The summed E-state index contributed by atoms with van der Waals surface area (Å²) in [7, 11) is 0. The lowest BCUT2D eigenvalue weighted by atomic mass is 10.3. The molecule has 3 rings (SSSR count). The Morgan fingerprint density at radius 2 is 1.69 bits per heavy atom. The fourth-order valence-corrected chi connectivity index (χ4v) is 3.13. The molecule has 0 unspecified atom stereocenters. The largest absolute Gasteiger partial charge is 0.445 e. The van der Waals surface area contributed by atoms with Gasteiger partial charge in [-0.05, 0) is 12.1 Å². The second-order valence-electron chi connectivity index (χ2n) is 5.39. The van der Waals surface area contributed by atoms with E-state index in [9.17, 15) is 26.7 Å². The first kappa shape index (κ1) is 18.3. The molecule has 1 N–H and O–H groups in total. The highest BCUT2D eigenvalue weighted by molar-refractivity contribution is 7.15. The lowest BCUT2D eigenvalue weighted by Gasteiger charge is -2.34. The summed E-state index contributed by atoms with van der Waals surface area (Å²) in [6, 6.07) is 2.52. The number of hydrogen-bond acceptors (Lipinski definition) is 5. The molecule has 0 spiro atoms. The van der Waals surface area contributed by atoms with E-state index in [0.717, 1.165) is 12.1 Å². The Balaban J connectivity index is 1.60. The summed E-state index contributed by atoms with van der Waals surface area (Å²) >= 11 is 0.423. The number of aromatic nitrogens is 2. The van der Waals surface area contributed by atoms with E-state index in [2.05, 4.69) is 15.5 Å². The van der Waals surface area contributed by atoms with Crippen LogP contribution < -0.4 is 10.2 Å². The molecule has 2 heterocycles. The zero-order valence-electron chi connectivity index (χ0n) is 13.1. The molecule has 6 nitrogen and oxygen atoms in total. The highest BCUT2D eigenvalue weighted by Crippen LogP contribution is 2.34. The van der Waals surface area contributed by atoms with Gasteiger partial charge in [0, 0.05) is 26.2 Å². The number of hydrogen-bond donors (Lipinski definition) is 1. The molecule has 0 radical (unpaired) electrons. The first-order valence-electron chi connectivity index (χ1n) is 7.41. The van der Waals surface area contributed by atoms with Crippen molar-refractivity contribution in [3.8, 4) is 0 Å². The number of rotatable bonds is 2. The molecule has 0 bridgehead atoms. The SMILES string of the molecule is O=C(Nc1c(F)cccc1F)N1CCN(c2nnc(C(F)(F)F)s2)CC1.